The van der Waals surface area contributed by atoms with Gasteiger partial charge in [0, 0.05) is 13.5 Å². The maximum atomic E-state index is 5.66. The van der Waals surface area contributed by atoms with Crippen molar-refractivity contribution in [2.45, 2.75) is 39.7 Å². The summed E-state index contributed by atoms with van der Waals surface area (Å²) in [4.78, 5) is 0. The molecule has 0 bridgehead atoms. The Morgan fingerprint density at radius 3 is 2.70 bits per heavy atom. The Balaban J connectivity index is 2.29. The van der Waals surface area contributed by atoms with E-state index in [1.807, 2.05) is 17.8 Å². The van der Waals surface area contributed by atoms with Crippen LogP contribution in [0.15, 0.2) is 21.2 Å². The molecule has 0 spiro atoms. The van der Waals surface area contributed by atoms with Crippen molar-refractivity contribution in [1.82, 2.24) is 15.1 Å². The molecule has 5 heteroatoms. The predicted octanol–water partition coefficient (Wildman–Crippen LogP) is 3.54. The number of aromatic nitrogens is 2. The number of nitrogens with zero attached hydrogens (tertiary/aromatic N) is 2. The van der Waals surface area contributed by atoms with Gasteiger partial charge in [-0.1, -0.05) is 13.8 Å². The first kappa shape index (κ1) is 15.3. The van der Waals surface area contributed by atoms with Crippen molar-refractivity contribution in [3.05, 3.63) is 39.5 Å². The van der Waals surface area contributed by atoms with Gasteiger partial charge >= 0.3 is 0 Å². The highest BCUT2D eigenvalue weighted by atomic mass is 79.9. The van der Waals surface area contributed by atoms with Crippen LogP contribution >= 0.6 is 15.9 Å². The van der Waals surface area contributed by atoms with Crippen LogP contribution in [0, 0.1) is 6.92 Å². The average molecular weight is 340 g/mol. The van der Waals surface area contributed by atoms with Crippen LogP contribution < -0.4 is 5.32 Å². The van der Waals surface area contributed by atoms with E-state index < -0.39 is 0 Å². The molecule has 1 atom stereocenters. The highest BCUT2D eigenvalue weighted by Crippen LogP contribution is 2.28. The Morgan fingerprint density at radius 2 is 2.20 bits per heavy atom. The van der Waals surface area contributed by atoms with Crippen molar-refractivity contribution in [3.63, 3.8) is 0 Å². The summed E-state index contributed by atoms with van der Waals surface area (Å²) < 4.78 is 8.74. The normalized spacial score (nSPS) is 12.8. The standard InChI is InChI=1S/C15H22BrN3O/c1-5-11-14(16)13(19(4)18-11)9-12(17-6-2)15-10(3)7-8-20-15/h7-8,12,17H,5-6,9H2,1-4H3. The molecule has 2 rings (SSSR count). The minimum Gasteiger partial charge on any atom is -0.467 e. The van der Waals surface area contributed by atoms with Gasteiger partial charge in [0.25, 0.3) is 0 Å². The molecule has 0 aromatic carbocycles. The number of furan rings is 1. The zero-order valence-corrected chi connectivity index (χ0v) is 14.1. The van der Waals surface area contributed by atoms with Crippen LogP contribution in [0.5, 0.6) is 0 Å². The third kappa shape index (κ3) is 2.99. The van der Waals surface area contributed by atoms with Gasteiger partial charge in [-0.05, 0) is 47.4 Å². The zero-order chi connectivity index (χ0) is 14.7. The third-order valence-corrected chi connectivity index (χ3v) is 4.48. The SMILES string of the molecule is CCNC(Cc1c(Br)c(CC)nn1C)c1occc1C. The zero-order valence-electron chi connectivity index (χ0n) is 12.5. The van der Waals surface area contributed by atoms with Gasteiger partial charge in [-0.2, -0.15) is 5.10 Å². The fourth-order valence-electron chi connectivity index (χ4n) is 2.48. The van der Waals surface area contributed by atoms with Crippen LogP contribution in [0.25, 0.3) is 0 Å². The first-order valence-electron chi connectivity index (χ1n) is 7.06. The van der Waals surface area contributed by atoms with Crippen LogP contribution in [-0.2, 0) is 19.9 Å². The molecule has 2 aromatic heterocycles. The van der Waals surface area contributed by atoms with Crippen LogP contribution in [0.1, 0.15) is 42.6 Å². The topological polar surface area (TPSA) is 43.0 Å². The second-order valence-electron chi connectivity index (χ2n) is 4.97. The number of nitrogens with one attached hydrogen (secondary N) is 1. The summed E-state index contributed by atoms with van der Waals surface area (Å²) in [6.45, 7) is 7.22. The van der Waals surface area contributed by atoms with E-state index in [4.69, 9.17) is 4.42 Å². The highest BCUT2D eigenvalue weighted by Gasteiger charge is 2.21. The molecule has 1 unspecified atom stereocenters. The number of likely N-dealkylation sites (N-methyl/N-ethyl adjacent to an activating group) is 1. The number of hydrogen-bond donors (Lipinski definition) is 1. The van der Waals surface area contributed by atoms with E-state index in [1.165, 1.54) is 11.3 Å². The minimum absolute atomic E-state index is 0.173. The van der Waals surface area contributed by atoms with Gasteiger partial charge < -0.3 is 9.73 Å². The monoisotopic (exact) mass is 339 g/mol. The largest absolute Gasteiger partial charge is 0.467 e. The second kappa shape index (κ2) is 6.59. The smallest absolute Gasteiger partial charge is 0.123 e. The van der Waals surface area contributed by atoms with Crippen molar-refractivity contribution >= 4 is 15.9 Å². The van der Waals surface area contributed by atoms with Crippen LogP contribution in [-0.4, -0.2) is 16.3 Å². The molecule has 0 aliphatic heterocycles. The van der Waals surface area contributed by atoms with E-state index >= 15 is 0 Å². The van der Waals surface area contributed by atoms with Crippen molar-refractivity contribution in [2.24, 2.45) is 7.05 Å². The first-order chi connectivity index (χ1) is 9.58. The Kier molecular flexibility index (Phi) is 5.05. The lowest BCUT2D eigenvalue weighted by Gasteiger charge is -2.17. The van der Waals surface area contributed by atoms with Gasteiger partial charge in [0.1, 0.15) is 5.76 Å². The van der Waals surface area contributed by atoms with Gasteiger partial charge in [0.15, 0.2) is 0 Å². The number of hydrogen-bond acceptors (Lipinski definition) is 3. The van der Waals surface area contributed by atoms with Gasteiger partial charge in [-0.15, -0.1) is 0 Å². The van der Waals surface area contributed by atoms with Crippen molar-refractivity contribution in [2.75, 3.05) is 6.54 Å². The van der Waals surface area contributed by atoms with E-state index in [1.54, 1.807) is 6.26 Å². The molecule has 2 aromatic rings. The van der Waals surface area contributed by atoms with Crippen molar-refractivity contribution in [1.29, 1.82) is 0 Å². The van der Waals surface area contributed by atoms with Gasteiger partial charge in [-0.25, -0.2) is 0 Å². The lowest BCUT2D eigenvalue weighted by molar-refractivity contribution is 0.407. The number of rotatable bonds is 6. The number of aryl methyl sites for hydroxylation is 3. The van der Waals surface area contributed by atoms with Crippen LogP contribution in [0.4, 0.5) is 0 Å². The summed E-state index contributed by atoms with van der Waals surface area (Å²) in [5, 5.41) is 8.06. The molecule has 0 amide bonds. The Morgan fingerprint density at radius 1 is 1.45 bits per heavy atom. The molecule has 110 valence electrons. The molecule has 4 nitrogen and oxygen atoms in total. The molecule has 0 aliphatic carbocycles. The van der Waals surface area contributed by atoms with Gasteiger partial charge in [0.2, 0.25) is 0 Å². The Labute approximate surface area is 128 Å². The molecule has 0 saturated heterocycles. The molecule has 20 heavy (non-hydrogen) atoms. The fourth-order valence-corrected chi connectivity index (χ4v) is 3.26. The van der Waals surface area contributed by atoms with E-state index in [-0.39, 0.29) is 6.04 Å². The summed E-state index contributed by atoms with van der Waals surface area (Å²) in [6, 6.07) is 2.18. The third-order valence-electron chi connectivity index (χ3n) is 3.57. The second-order valence-corrected chi connectivity index (χ2v) is 5.76. The van der Waals surface area contributed by atoms with Crippen LogP contribution in [0.3, 0.4) is 0 Å². The van der Waals surface area contributed by atoms with E-state index in [0.717, 1.165) is 35.3 Å². The molecule has 0 radical (unpaired) electrons. The Hall–Kier alpha value is -1.07. The maximum absolute atomic E-state index is 5.66. The van der Waals surface area contributed by atoms with E-state index in [9.17, 15) is 0 Å². The predicted molar refractivity (Wildman–Crippen MR) is 83.9 cm³/mol. The molecule has 2 heterocycles. The van der Waals surface area contributed by atoms with E-state index in [0.29, 0.717) is 0 Å². The summed E-state index contributed by atoms with van der Waals surface area (Å²) in [5.74, 6) is 1.01. The minimum atomic E-state index is 0.173. The van der Waals surface area contributed by atoms with E-state index in [2.05, 4.69) is 47.1 Å². The van der Waals surface area contributed by atoms with Crippen molar-refractivity contribution < 1.29 is 4.42 Å². The summed E-state index contributed by atoms with van der Waals surface area (Å²) in [5.41, 5.74) is 3.49. The summed E-state index contributed by atoms with van der Waals surface area (Å²) >= 11 is 3.68. The Bertz CT molecular complexity index is 574. The molecule has 1 N–H and O–H groups in total. The van der Waals surface area contributed by atoms with Gasteiger partial charge in [-0.3, -0.25) is 4.68 Å². The lowest BCUT2D eigenvalue weighted by atomic mass is 10.1. The molecular weight excluding hydrogens is 318 g/mol. The average Bonchev–Trinajstić information content (AvgIpc) is 2.96. The number of halogens is 1. The molecule has 0 aliphatic rings. The maximum Gasteiger partial charge on any atom is 0.123 e. The van der Waals surface area contributed by atoms with Gasteiger partial charge in [0.05, 0.1) is 28.2 Å². The highest BCUT2D eigenvalue weighted by molar-refractivity contribution is 9.10. The van der Waals surface area contributed by atoms with Crippen molar-refractivity contribution in [3.8, 4) is 0 Å². The molecule has 0 fully saturated rings. The first-order valence-corrected chi connectivity index (χ1v) is 7.85. The molecule has 0 saturated carbocycles. The lowest BCUT2D eigenvalue weighted by Crippen LogP contribution is -2.24. The summed E-state index contributed by atoms with van der Waals surface area (Å²) in [7, 11) is 2.00. The van der Waals surface area contributed by atoms with Crippen LogP contribution in [0.2, 0.25) is 0 Å². The summed E-state index contributed by atoms with van der Waals surface area (Å²) in [6.07, 6.45) is 3.54. The molecular formula is C15H22BrN3O. The fraction of sp³-hybridized carbons (Fsp3) is 0.533. The quantitative estimate of drug-likeness (QED) is 0.875.